The second-order valence-electron chi connectivity index (χ2n) is 3.47. The van der Waals surface area contributed by atoms with Crippen molar-refractivity contribution in [3.8, 4) is 0 Å². The van der Waals surface area contributed by atoms with Crippen LogP contribution in [0.3, 0.4) is 0 Å². The van der Waals surface area contributed by atoms with Crippen molar-refractivity contribution >= 4 is 9.84 Å². The van der Waals surface area contributed by atoms with Crippen molar-refractivity contribution in [2.24, 2.45) is 5.73 Å². The van der Waals surface area contributed by atoms with E-state index in [-0.39, 0.29) is 5.75 Å². The maximum absolute atomic E-state index is 11.2. The predicted octanol–water partition coefficient (Wildman–Crippen LogP) is 1.50. The van der Waals surface area contributed by atoms with Gasteiger partial charge in [0.05, 0.1) is 5.75 Å². The van der Waals surface area contributed by atoms with Crippen LogP contribution in [-0.2, 0) is 9.84 Å². The van der Waals surface area contributed by atoms with Gasteiger partial charge in [-0.15, -0.1) is 0 Å². The van der Waals surface area contributed by atoms with Crippen LogP contribution >= 0.6 is 0 Å². The van der Waals surface area contributed by atoms with E-state index in [1.165, 1.54) is 5.57 Å². The SMILES string of the molecule is CCS(=O)(=O)CCCC(C)=CCCN. The monoisotopic (exact) mass is 219 g/mol. The number of rotatable bonds is 7. The van der Waals surface area contributed by atoms with Crippen LogP contribution in [0.25, 0.3) is 0 Å². The fraction of sp³-hybridized carbons (Fsp3) is 0.800. The number of allylic oxidation sites excluding steroid dienone is 1. The minimum atomic E-state index is -2.79. The molecule has 0 saturated heterocycles. The molecule has 0 atom stereocenters. The molecular formula is C10H21NO2S. The fourth-order valence-corrected chi connectivity index (χ4v) is 2.02. The molecule has 0 aliphatic carbocycles. The van der Waals surface area contributed by atoms with E-state index in [4.69, 9.17) is 5.73 Å². The third kappa shape index (κ3) is 7.09. The van der Waals surface area contributed by atoms with E-state index in [0.29, 0.717) is 12.3 Å². The van der Waals surface area contributed by atoms with Crippen LogP contribution in [0.1, 0.15) is 33.1 Å². The zero-order valence-corrected chi connectivity index (χ0v) is 9.94. The van der Waals surface area contributed by atoms with Gasteiger partial charge in [-0.1, -0.05) is 18.6 Å². The summed E-state index contributed by atoms with van der Waals surface area (Å²) in [5.74, 6) is 0.551. The predicted molar refractivity (Wildman–Crippen MR) is 61.0 cm³/mol. The van der Waals surface area contributed by atoms with Gasteiger partial charge in [0.2, 0.25) is 0 Å². The maximum Gasteiger partial charge on any atom is 0.150 e. The molecule has 4 heteroatoms. The highest BCUT2D eigenvalue weighted by molar-refractivity contribution is 7.91. The molecule has 0 aromatic carbocycles. The quantitative estimate of drug-likeness (QED) is 0.660. The molecule has 84 valence electrons. The first kappa shape index (κ1) is 13.7. The Morgan fingerprint density at radius 3 is 2.57 bits per heavy atom. The number of nitrogens with two attached hydrogens (primary N) is 1. The van der Waals surface area contributed by atoms with E-state index < -0.39 is 9.84 Å². The molecule has 14 heavy (non-hydrogen) atoms. The van der Waals surface area contributed by atoms with Crippen molar-refractivity contribution in [3.63, 3.8) is 0 Å². The van der Waals surface area contributed by atoms with Gasteiger partial charge < -0.3 is 5.73 Å². The van der Waals surface area contributed by atoms with Crippen LogP contribution in [-0.4, -0.2) is 26.5 Å². The van der Waals surface area contributed by atoms with Crippen molar-refractivity contribution in [2.45, 2.75) is 33.1 Å². The van der Waals surface area contributed by atoms with Gasteiger partial charge >= 0.3 is 0 Å². The minimum Gasteiger partial charge on any atom is -0.330 e. The molecule has 0 fully saturated rings. The Morgan fingerprint density at radius 2 is 2.07 bits per heavy atom. The summed E-state index contributed by atoms with van der Waals surface area (Å²) in [4.78, 5) is 0. The molecule has 0 spiro atoms. The van der Waals surface area contributed by atoms with Gasteiger partial charge in [-0.05, 0) is 32.7 Å². The van der Waals surface area contributed by atoms with Crippen LogP contribution in [0.5, 0.6) is 0 Å². The van der Waals surface area contributed by atoms with E-state index >= 15 is 0 Å². The van der Waals surface area contributed by atoms with Gasteiger partial charge in [0.25, 0.3) is 0 Å². The molecule has 0 rings (SSSR count). The Hall–Kier alpha value is -0.350. The van der Waals surface area contributed by atoms with E-state index in [9.17, 15) is 8.42 Å². The first-order valence-corrected chi connectivity index (χ1v) is 6.90. The molecule has 0 heterocycles. The van der Waals surface area contributed by atoms with E-state index in [1.807, 2.05) is 6.92 Å². The first-order chi connectivity index (χ1) is 6.52. The second-order valence-corrected chi connectivity index (χ2v) is 5.94. The zero-order chi connectivity index (χ0) is 11.0. The normalized spacial score (nSPS) is 13.2. The summed E-state index contributed by atoms with van der Waals surface area (Å²) in [5, 5.41) is 0. The summed E-state index contributed by atoms with van der Waals surface area (Å²) < 4.78 is 22.3. The topological polar surface area (TPSA) is 60.2 Å². The largest absolute Gasteiger partial charge is 0.330 e. The van der Waals surface area contributed by atoms with Crippen LogP contribution in [0, 0.1) is 0 Å². The van der Waals surface area contributed by atoms with Crippen molar-refractivity contribution < 1.29 is 8.42 Å². The molecule has 0 aliphatic rings. The van der Waals surface area contributed by atoms with E-state index in [1.54, 1.807) is 6.92 Å². The molecule has 0 radical (unpaired) electrons. The van der Waals surface area contributed by atoms with Crippen molar-refractivity contribution in [2.75, 3.05) is 18.1 Å². The van der Waals surface area contributed by atoms with E-state index in [0.717, 1.165) is 19.3 Å². The van der Waals surface area contributed by atoms with Crippen LogP contribution in [0.4, 0.5) is 0 Å². The van der Waals surface area contributed by atoms with E-state index in [2.05, 4.69) is 6.08 Å². The summed E-state index contributed by atoms with van der Waals surface area (Å²) in [6, 6.07) is 0. The molecular weight excluding hydrogens is 198 g/mol. The average molecular weight is 219 g/mol. The number of sulfone groups is 1. The minimum absolute atomic E-state index is 0.249. The Bertz CT molecular complexity index is 268. The van der Waals surface area contributed by atoms with Gasteiger partial charge in [-0.3, -0.25) is 0 Å². The van der Waals surface area contributed by atoms with Gasteiger partial charge in [-0.25, -0.2) is 8.42 Å². The zero-order valence-electron chi connectivity index (χ0n) is 9.12. The highest BCUT2D eigenvalue weighted by Crippen LogP contribution is 2.06. The van der Waals surface area contributed by atoms with Gasteiger partial charge in [0.15, 0.2) is 0 Å². The number of hydrogen-bond acceptors (Lipinski definition) is 3. The molecule has 0 aromatic rings. The smallest absolute Gasteiger partial charge is 0.150 e. The first-order valence-electron chi connectivity index (χ1n) is 5.08. The summed E-state index contributed by atoms with van der Waals surface area (Å²) >= 11 is 0. The molecule has 0 saturated carbocycles. The highest BCUT2D eigenvalue weighted by atomic mass is 32.2. The maximum atomic E-state index is 11.2. The highest BCUT2D eigenvalue weighted by Gasteiger charge is 2.06. The molecule has 0 aromatic heterocycles. The Balaban J connectivity index is 3.74. The lowest BCUT2D eigenvalue weighted by atomic mass is 10.1. The van der Waals surface area contributed by atoms with Crippen molar-refractivity contribution in [1.82, 2.24) is 0 Å². The van der Waals surface area contributed by atoms with Crippen LogP contribution < -0.4 is 5.73 Å². The standard InChI is InChI=1S/C10H21NO2S/c1-3-14(12,13)9-5-7-10(2)6-4-8-11/h6H,3-5,7-9,11H2,1-2H3. The number of hydrogen-bond donors (Lipinski definition) is 1. The Labute approximate surface area is 87.3 Å². The summed E-state index contributed by atoms with van der Waals surface area (Å²) in [6.07, 6.45) is 4.55. The summed E-state index contributed by atoms with van der Waals surface area (Å²) in [7, 11) is -2.79. The Morgan fingerprint density at radius 1 is 1.43 bits per heavy atom. The lowest BCUT2D eigenvalue weighted by Crippen LogP contribution is -2.08. The molecule has 0 bridgehead atoms. The molecule has 2 N–H and O–H groups in total. The van der Waals surface area contributed by atoms with Crippen molar-refractivity contribution in [3.05, 3.63) is 11.6 Å². The molecule has 0 aliphatic heterocycles. The molecule has 0 amide bonds. The average Bonchev–Trinajstić information content (AvgIpc) is 2.14. The van der Waals surface area contributed by atoms with Gasteiger partial charge in [0.1, 0.15) is 9.84 Å². The van der Waals surface area contributed by atoms with Crippen LogP contribution in [0.2, 0.25) is 0 Å². The third-order valence-corrected chi connectivity index (χ3v) is 3.92. The Kier molecular flexibility index (Phi) is 6.83. The second kappa shape index (κ2) is 7.01. The summed E-state index contributed by atoms with van der Waals surface area (Å²) in [5.41, 5.74) is 6.59. The van der Waals surface area contributed by atoms with Crippen LogP contribution in [0.15, 0.2) is 11.6 Å². The van der Waals surface area contributed by atoms with Gasteiger partial charge in [0, 0.05) is 5.75 Å². The molecule has 0 unspecified atom stereocenters. The van der Waals surface area contributed by atoms with Crippen molar-refractivity contribution in [1.29, 1.82) is 0 Å². The lowest BCUT2D eigenvalue weighted by molar-refractivity contribution is 0.594. The third-order valence-electron chi connectivity index (χ3n) is 2.13. The summed E-state index contributed by atoms with van der Waals surface area (Å²) in [6.45, 7) is 4.37. The fourth-order valence-electron chi connectivity index (χ4n) is 1.15. The van der Waals surface area contributed by atoms with Gasteiger partial charge in [-0.2, -0.15) is 0 Å². The lowest BCUT2D eigenvalue weighted by Gasteiger charge is -2.02. The molecule has 3 nitrogen and oxygen atoms in total.